The minimum absolute atomic E-state index is 0.140. The zero-order valence-corrected chi connectivity index (χ0v) is 13.6. The normalized spacial score (nSPS) is 22.0. The zero-order valence-electron chi connectivity index (χ0n) is 13.6. The highest BCUT2D eigenvalue weighted by molar-refractivity contribution is 5.81. The van der Waals surface area contributed by atoms with Gasteiger partial charge < -0.3 is 14.2 Å². The van der Waals surface area contributed by atoms with Gasteiger partial charge in [0.05, 0.1) is 0 Å². The van der Waals surface area contributed by atoms with E-state index in [1.54, 1.807) is 0 Å². The fourth-order valence-corrected chi connectivity index (χ4v) is 3.43. The van der Waals surface area contributed by atoms with Gasteiger partial charge in [-0.1, -0.05) is 35.5 Å². The molecular weight excluding hydrogens is 306 g/mol. The summed E-state index contributed by atoms with van der Waals surface area (Å²) in [6, 6.07) is 9.82. The van der Waals surface area contributed by atoms with E-state index in [9.17, 15) is 4.79 Å². The molecule has 0 bridgehead atoms. The topological polar surface area (TPSA) is 68.5 Å². The number of carbonyl (C=O) groups is 1. The van der Waals surface area contributed by atoms with Gasteiger partial charge >= 0.3 is 0 Å². The second kappa shape index (κ2) is 6.73. The van der Waals surface area contributed by atoms with Crippen molar-refractivity contribution in [1.29, 1.82) is 0 Å². The molecule has 1 aromatic heterocycles. The fraction of sp³-hybridized carbons (Fsp3) is 0.500. The van der Waals surface area contributed by atoms with Crippen LogP contribution in [0.2, 0.25) is 0 Å². The van der Waals surface area contributed by atoms with Crippen molar-refractivity contribution in [2.24, 2.45) is 0 Å². The van der Waals surface area contributed by atoms with Gasteiger partial charge in [0.25, 0.3) is 5.91 Å². The minimum Gasteiger partial charge on any atom is -0.368 e. The first-order valence-corrected chi connectivity index (χ1v) is 8.60. The highest BCUT2D eigenvalue weighted by Crippen LogP contribution is 2.29. The van der Waals surface area contributed by atoms with Crippen molar-refractivity contribution >= 4 is 5.91 Å². The number of aromatic nitrogens is 2. The highest BCUT2D eigenvalue weighted by Gasteiger charge is 2.32. The average Bonchev–Trinajstić information content (AvgIpc) is 3.34. The van der Waals surface area contributed by atoms with E-state index >= 15 is 0 Å². The van der Waals surface area contributed by atoms with Crippen LogP contribution < -0.4 is 0 Å². The lowest BCUT2D eigenvalue weighted by Crippen LogP contribution is -2.43. The van der Waals surface area contributed by atoms with Gasteiger partial charge in [-0.05, 0) is 25.7 Å². The van der Waals surface area contributed by atoms with E-state index in [1.165, 1.54) is 0 Å². The largest absolute Gasteiger partial charge is 0.368 e. The number of hydrogen-bond acceptors (Lipinski definition) is 5. The molecule has 1 atom stereocenters. The third-order valence-electron chi connectivity index (χ3n) is 4.83. The molecule has 6 heteroatoms. The highest BCUT2D eigenvalue weighted by atomic mass is 16.5. The Labute approximate surface area is 140 Å². The number of carbonyl (C=O) groups excluding carboxylic acids is 1. The van der Waals surface area contributed by atoms with Gasteiger partial charge in [-0.15, -0.1) is 0 Å². The van der Waals surface area contributed by atoms with Gasteiger partial charge in [0.15, 0.2) is 0 Å². The van der Waals surface area contributed by atoms with Crippen LogP contribution in [0.25, 0.3) is 11.4 Å². The molecule has 0 aliphatic carbocycles. The molecule has 0 radical (unpaired) electrons. The number of amides is 1. The number of likely N-dealkylation sites (tertiary alicyclic amines) is 1. The first kappa shape index (κ1) is 15.3. The van der Waals surface area contributed by atoms with Crippen LogP contribution in [-0.4, -0.2) is 46.7 Å². The minimum atomic E-state index is -0.227. The van der Waals surface area contributed by atoms with Crippen LogP contribution >= 0.6 is 0 Å². The Kier molecular flexibility index (Phi) is 4.30. The van der Waals surface area contributed by atoms with Crippen molar-refractivity contribution in [2.75, 3.05) is 19.7 Å². The summed E-state index contributed by atoms with van der Waals surface area (Å²) in [6.45, 7) is 2.16. The van der Waals surface area contributed by atoms with Crippen molar-refractivity contribution in [2.45, 2.75) is 37.7 Å². The van der Waals surface area contributed by atoms with E-state index in [2.05, 4.69) is 10.1 Å². The molecule has 6 nitrogen and oxygen atoms in total. The van der Waals surface area contributed by atoms with E-state index in [1.807, 2.05) is 35.2 Å². The molecule has 2 aromatic rings. The summed E-state index contributed by atoms with van der Waals surface area (Å²) in [5, 5.41) is 4.09. The molecule has 2 aliphatic heterocycles. The summed E-state index contributed by atoms with van der Waals surface area (Å²) in [7, 11) is 0. The third kappa shape index (κ3) is 3.06. The Balaban J connectivity index is 1.38. The first-order valence-electron chi connectivity index (χ1n) is 8.60. The van der Waals surface area contributed by atoms with Crippen LogP contribution in [0.1, 0.15) is 37.5 Å². The van der Waals surface area contributed by atoms with Gasteiger partial charge in [0, 0.05) is 31.2 Å². The van der Waals surface area contributed by atoms with E-state index in [4.69, 9.17) is 9.26 Å². The molecular formula is C18H21N3O3. The summed E-state index contributed by atoms with van der Waals surface area (Å²) >= 11 is 0. The molecule has 1 aromatic carbocycles. The van der Waals surface area contributed by atoms with E-state index in [0.717, 1.165) is 44.3 Å². The van der Waals surface area contributed by atoms with Gasteiger partial charge in [-0.2, -0.15) is 4.98 Å². The van der Waals surface area contributed by atoms with Crippen LogP contribution in [0.15, 0.2) is 34.9 Å². The number of rotatable bonds is 3. The molecule has 0 saturated carbocycles. The fourth-order valence-electron chi connectivity index (χ4n) is 3.43. The van der Waals surface area contributed by atoms with Crippen LogP contribution in [0.5, 0.6) is 0 Å². The monoisotopic (exact) mass is 327 g/mol. The summed E-state index contributed by atoms with van der Waals surface area (Å²) in [5.41, 5.74) is 0.957. The second-order valence-corrected chi connectivity index (χ2v) is 6.42. The molecule has 1 unspecified atom stereocenters. The van der Waals surface area contributed by atoms with Crippen LogP contribution in [0.3, 0.4) is 0 Å². The molecule has 1 amide bonds. The van der Waals surface area contributed by atoms with Gasteiger partial charge in [-0.25, -0.2) is 0 Å². The lowest BCUT2D eigenvalue weighted by molar-refractivity contribution is -0.142. The summed E-state index contributed by atoms with van der Waals surface area (Å²) in [6.07, 6.45) is 3.32. The number of nitrogens with zero attached hydrogens (tertiary/aromatic N) is 3. The van der Waals surface area contributed by atoms with Crippen LogP contribution in [-0.2, 0) is 9.53 Å². The average molecular weight is 327 g/mol. The molecule has 4 rings (SSSR count). The molecule has 126 valence electrons. The predicted molar refractivity (Wildman–Crippen MR) is 87.3 cm³/mol. The Morgan fingerprint density at radius 2 is 1.92 bits per heavy atom. The summed E-state index contributed by atoms with van der Waals surface area (Å²) < 4.78 is 11.0. The maximum atomic E-state index is 12.4. The Morgan fingerprint density at radius 3 is 2.62 bits per heavy atom. The van der Waals surface area contributed by atoms with Crippen molar-refractivity contribution < 1.29 is 14.1 Å². The molecule has 0 N–H and O–H groups in total. The molecule has 3 heterocycles. The van der Waals surface area contributed by atoms with Crippen molar-refractivity contribution in [3.05, 3.63) is 36.2 Å². The summed E-state index contributed by atoms with van der Waals surface area (Å²) in [5.74, 6) is 1.67. The van der Waals surface area contributed by atoms with Crippen molar-refractivity contribution in [3.8, 4) is 11.4 Å². The second-order valence-electron chi connectivity index (χ2n) is 6.42. The molecule has 2 fully saturated rings. The third-order valence-corrected chi connectivity index (χ3v) is 4.83. The van der Waals surface area contributed by atoms with E-state index in [0.29, 0.717) is 18.3 Å². The Hall–Kier alpha value is -2.21. The number of ether oxygens (including phenoxy) is 1. The number of piperidine rings is 1. The summed E-state index contributed by atoms with van der Waals surface area (Å²) in [4.78, 5) is 18.8. The van der Waals surface area contributed by atoms with Gasteiger partial charge in [0.1, 0.15) is 6.10 Å². The standard InChI is InChI=1S/C18H21N3O3/c22-18(15-7-4-12-23-15)21-10-8-14(9-11-21)17-19-16(20-24-17)13-5-2-1-3-6-13/h1-3,5-6,14-15H,4,7-12H2. The lowest BCUT2D eigenvalue weighted by atomic mass is 9.96. The predicted octanol–water partition coefficient (Wildman–Crippen LogP) is 2.62. The molecule has 2 aliphatic rings. The smallest absolute Gasteiger partial charge is 0.251 e. The SMILES string of the molecule is O=C(C1CCCO1)N1CCC(c2nc(-c3ccccc3)no2)CC1. The van der Waals surface area contributed by atoms with E-state index in [-0.39, 0.29) is 17.9 Å². The van der Waals surface area contributed by atoms with Crippen molar-refractivity contribution in [3.63, 3.8) is 0 Å². The van der Waals surface area contributed by atoms with E-state index < -0.39 is 0 Å². The van der Waals surface area contributed by atoms with Crippen molar-refractivity contribution in [1.82, 2.24) is 15.0 Å². The molecule has 24 heavy (non-hydrogen) atoms. The van der Waals surface area contributed by atoms with Crippen LogP contribution in [0, 0.1) is 0 Å². The lowest BCUT2D eigenvalue weighted by Gasteiger charge is -2.31. The number of benzene rings is 1. The Bertz CT molecular complexity index is 687. The van der Waals surface area contributed by atoms with Gasteiger partial charge in [-0.3, -0.25) is 4.79 Å². The quantitative estimate of drug-likeness (QED) is 0.867. The first-order chi connectivity index (χ1) is 11.8. The van der Waals surface area contributed by atoms with Crippen LogP contribution in [0.4, 0.5) is 0 Å². The molecule has 2 saturated heterocycles. The maximum absolute atomic E-state index is 12.4. The number of hydrogen-bond donors (Lipinski definition) is 0. The Morgan fingerprint density at radius 1 is 1.12 bits per heavy atom. The van der Waals surface area contributed by atoms with Gasteiger partial charge in [0.2, 0.25) is 11.7 Å². The molecule has 0 spiro atoms. The zero-order chi connectivity index (χ0) is 16.4. The maximum Gasteiger partial charge on any atom is 0.251 e.